The molecule has 0 rings (SSSR count). The molecule has 0 aromatic heterocycles. The molecular formula is C77H146O6. The Morgan fingerprint density at radius 3 is 0.602 bits per heavy atom. The van der Waals surface area contributed by atoms with Crippen LogP contribution >= 0.6 is 0 Å². The Hall–Kier alpha value is -2.11. The van der Waals surface area contributed by atoms with Crippen LogP contribution in [0.3, 0.4) is 0 Å². The van der Waals surface area contributed by atoms with Crippen LogP contribution in [0.15, 0.2) is 24.3 Å². The Labute approximate surface area is 519 Å². The largest absolute Gasteiger partial charge is 0.462 e. The zero-order valence-corrected chi connectivity index (χ0v) is 56.5. The number of hydrogen-bond donors (Lipinski definition) is 0. The number of esters is 3. The predicted octanol–water partition coefficient (Wildman–Crippen LogP) is 26.1. The third-order valence-corrected chi connectivity index (χ3v) is 17.4. The SMILES string of the molecule is CCCCCCCCCC/C=C\CCCCCCCCCCCCCCCCCCCCCC(=O)OCC(COC(=O)CCCCCCCCCCCCC)OC(=O)CCCCCCCCCCCCC/C=C\CCCCCCCCCC. The van der Waals surface area contributed by atoms with Crippen LogP contribution in [-0.4, -0.2) is 37.2 Å². The third kappa shape index (κ3) is 70.5. The lowest BCUT2D eigenvalue weighted by molar-refractivity contribution is -0.167. The molecular weight excluding hydrogens is 1020 g/mol. The minimum absolute atomic E-state index is 0.0647. The lowest BCUT2D eigenvalue weighted by Crippen LogP contribution is -2.30. The minimum atomic E-state index is -0.768. The highest BCUT2D eigenvalue weighted by atomic mass is 16.6. The molecule has 6 nitrogen and oxygen atoms in total. The summed E-state index contributed by atoms with van der Waals surface area (Å²) < 4.78 is 17.0. The van der Waals surface area contributed by atoms with Crippen LogP contribution in [0.1, 0.15) is 432 Å². The molecule has 0 saturated heterocycles. The Morgan fingerprint density at radius 2 is 0.398 bits per heavy atom. The molecule has 1 atom stereocenters. The maximum atomic E-state index is 13.0. The zero-order valence-electron chi connectivity index (χ0n) is 56.5. The van der Waals surface area contributed by atoms with Crippen LogP contribution in [0, 0.1) is 0 Å². The van der Waals surface area contributed by atoms with Crippen LogP contribution in [-0.2, 0) is 28.6 Å². The van der Waals surface area contributed by atoms with E-state index in [1.54, 1.807) is 0 Å². The van der Waals surface area contributed by atoms with Crippen molar-refractivity contribution in [2.75, 3.05) is 13.2 Å². The lowest BCUT2D eigenvalue weighted by Gasteiger charge is -2.18. The fourth-order valence-corrected chi connectivity index (χ4v) is 11.7. The number of ether oxygens (including phenoxy) is 3. The first-order chi connectivity index (χ1) is 41.0. The normalized spacial score (nSPS) is 12.1. The molecule has 0 aromatic carbocycles. The highest BCUT2D eigenvalue weighted by molar-refractivity contribution is 5.71. The van der Waals surface area contributed by atoms with Crippen molar-refractivity contribution in [1.29, 1.82) is 0 Å². The molecule has 0 aromatic rings. The van der Waals surface area contributed by atoms with Gasteiger partial charge in [0.15, 0.2) is 6.10 Å². The number of unbranched alkanes of at least 4 members (excludes halogenated alkanes) is 56. The van der Waals surface area contributed by atoms with Gasteiger partial charge in [-0.15, -0.1) is 0 Å². The van der Waals surface area contributed by atoms with Crippen molar-refractivity contribution < 1.29 is 28.6 Å². The van der Waals surface area contributed by atoms with Crippen molar-refractivity contribution in [1.82, 2.24) is 0 Å². The number of hydrogen-bond acceptors (Lipinski definition) is 6. The molecule has 0 aliphatic rings. The second-order valence-electron chi connectivity index (χ2n) is 25.9. The van der Waals surface area contributed by atoms with Crippen LogP contribution in [0.4, 0.5) is 0 Å². The topological polar surface area (TPSA) is 78.9 Å². The molecule has 0 fully saturated rings. The standard InChI is InChI=1S/C77H146O6/c1-4-7-10-13-16-19-22-24-26-28-30-32-34-35-36-37-38-39-40-41-43-44-46-48-50-52-55-58-61-64-67-70-76(79)82-73-74(72-81-75(78)69-66-63-60-57-54-21-18-15-12-9-6-3)83-77(80)71-68-65-62-59-56-53-51-49-47-45-42-33-31-29-27-25-23-20-17-14-11-8-5-2/h28-31,74H,4-27,32-73H2,1-3H3/b30-28-,31-29-. The van der Waals surface area contributed by atoms with Gasteiger partial charge in [0.05, 0.1) is 0 Å². The van der Waals surface area contributed by atoms with Crippen molar-refractivity contribution in [3.63, 3.8) is 0 Å². The van der Waals surface area contributed by atoms with Crippen molar-refractivity contribution in [3.05, 3.63) is 24.3 Å². The quantitative estimate of drug-likeness (QED) is 0.0261. The van der Waals surface area contributed by atoms with Gasteiger partial charge in [-0.3, -0.25) is 14.4 Å². The number of allylic oxidation sites excluding steroid dienone is 4. The molecule has 0 aliphatic heterocycles. The monoisotopic (exact) mass is 1170 g/mol. The summed E-state index contributed by atoms with van der Waals surface area (Å²) in [4.78, 5) is 38.4. The molecule has 83 heavy (non-hydrogen) atoms. The summed E-state index contributed by atoms with van der Waals surface area (Å²) in [7, 11) is 0. The van der Waals surface area contributed by atoms with Gasteiger partial charge in [0.2, 0.25) is 0 Å². The molecule has 0 radical (unpaired) electrons. The minimum Gasteiger partial charge on any atom is -0.462 e. The Kier molecular flexibility index (Phi) is 70.5. The van der Waals surface area contributed by atoms with Gasteiger partial charge >= 0.3 is 17.9 Å². The first-order valence-corrected chi connectivity index (χ1v) is 37.8. The van der Waals surface area contributed by atoms with Crippen LogP contribution in [0.5, 0.6) is 0 Å². The van der Waals surface area contributed by atoms with E-state index in [2.05, 4.69) is 45.1 Å². The van der Waals surface area contributed by atoms with E-state index in [4.69, 9.17) is 14.2 Å². The van der Waals surface area contributed by atoms with Crippen LogP contribution in [0.2, 0.25) is 0 Å². The van der Waals surface area contributed by atoms with E-state index in [1.165, 1.54) is 334 Å². The summed E-state index contributed by atoms with van der Waals surface area (Å²) in [6, 6.07) is 0. The highest BCUT2D eigenvalue weighted by Gasteiger charge is 2.20. The maximum absolute atomic E-state index is 13.0. The molecule has 0 N–H and O–H groups in total. The number of rotatable bonds is 71. The fraction of sp³-hybridized carbons (Fsp3) is 0.909. The first-order valence-electron chi connectivity index (χ1n) is 37.8. The van der Waals surface area contributed by atoms with E-state index < -0.39 is 6.10 Å². The summed E-state index contributed by atoms with van der Waals surface area (Å²) in [6.07, 6.45) is 89.5. The predicted molar refractivity (Wildman–Crippen MR) is 363 cm³/mol. The molecule has 490 valence electrons. The second kappa shape index (κ2) is 72.4. The fourth-order valence-electron chi connectivity index (χ4n) is 11.7. The van der Waals surface area contributed by atoms with E-state index in [9.17, 15) is 14.4 Å². The zero-order chi connectivity index (χ0) is 59.9. The molecule has 1 unspecified atom stereocenters. The van der Waals surface area contributed by atoms with E-state index in [0.29, 0.717) is 19.3 Å². The van der Waals surface area contributed by atoms with Gasteiger partial charge in [-0.25, -0.2) is 0 Å². The van der Waals surface area contributed by atoms with Gasteiger partial charge in [-0.2, -0.15) is 0 Å². The summed E-state index contributed by atoms with van der Waals surface area (Å²) in [5, 5.41) is 0. The van der Waals surface area contributed by atoms with E-state index in [1.807, 2.05) is 0 Å². The summed E-state index contributed by atoms with van der Waals surface area (Å²) in [5.74, 6) is -0.832. The molecule has 0 bridgehead atoms. The average Bonchev–Trinajstić information content (AvgIpc) is 3.48. The molecule has 6 heteroatoms. The molecule has 0 saturated carbocycles. The van der Waals surface area contributed by atoms with Crippen molar-refractivity contribution in [3.8, 4) is 0 Å². The number of carbonyl (C=O) groups is 3. The van der Waals surface area contributed by atoms with Crippen molar-refractivity contribution in [2.24, 2.45) is 0 Å². The molecule has 0 spiro atoms. The van der Waals surface area contributed by atoms with Gasteiger partial charge in [-0.05, 0) is 70.6 Å². The van der Waals surface area contributed by atoms with Gasteiger partial charge in [0.25, 0.3) is 0 Å². The molecule has 0 heterocycles. The molecule has 0 aliphatic carbocycles. The highest BCUT2D eigenvalue weighted by Crippen LogP contribution is 2.19. The Morgan fingerprint density at radius 1 is 0.229 bits per heavy atom. The van der Waals surface area contributed by atoms with E-state index >= 15 is 0 Å². The second-order valence-corrected chi connectivity index (χ2v) is 25.9. The summed E-state index contributed by atoms with van der Waals surface area (Å²) in [6.45, 7) is 6.72. The summed E-state index contributed by atoms with van der Waals surface area (Å²) in [5.41, 5.74) is 0. The van der Waals surface area contributed by atoms with Crippen LogP contribution in [0.25, 0.3) is 0 Å². The smallest absolute Gasteiger partial charge is 0.306 e. The summed E-state index contributed by atoms with van der Waals surface area (Å²) >= 11 is 0. The van der Waals surface area contributed by atoms with Crippen molar-refractivity contribution in [2.45, 2.75) is 438 Å². The van der Waals surface area contributed by atoms with Crippen LogP contribution < -0.4 is 0 Å². The van der Waals surface area contributed by atoms with Gasteiger partial charge < -0.3 is 14.2 Å². The van der Waals surface area contributed by atoms with E-state index in [0.717, 1.165) is 57.8 Å². The first kappa shape index (κ1) is 80.9. The van der Waals surface area contributed by atoms with Gasteiger partial charge in [0, 0.05) is 19.3 Å². The average molecular weight is 1170 g/mol. The van der Waals surface area contributed by atoms with E-state index in [-0.39, 0.29) is 31.1 Å². The third-order valence-electron chi connectivity index (χ3n) is 17.4. The molecule has 0 amide bonds. The van der Waals surface area contributed by atoms with Gasteiger partial charge in [0.1, 0.15) is 13.2 Å². The number of carbonyl (C=O) groups excluding carboxylic acids is 3. The maximum Gasteiger partial charge on any atom is 0.306 e. The van der Waals surface area contributed by atoms with Gasteiger partial charge in [-0.1, -0.05) is 366 Å². The Balaban J connectivity index is 4.10. The van der Waals surface area contributed by atoms with Crippen molar-refractivity contribution >= 4 is 17.9 Å². The Bertz CT molecular complexity index is 1340. The lowest BCUT2D eigenvalue weighted by atomic mass is 10.0.